The molecule has 0 fully saturated rings. The van der Waals surface area contributed by atoms with Crippen molar-refractivity contribution >= 4 is 21.9 Å². The van der Waals surface area contributed by atoms with Crippen LogP contribution in [0.2, 0.25) is 0 Å². The molecule has 0 saturated carbocycles. The minimum Gasteiger partial charge on any atom is -0.370 e. The number of rotatable bonds is 6. The summed E-state index contributed by atoms with van der Waals surface area (Å²) in [6.45, 7) is 6.80. The Kier molecular flexibility index (Phi) is 6.80. The van der Waals surface area contributed by atoms with Gasteiger partial charge in [-0.15, -0.1) is 0 Å². The lowest BCUT2D eigenvalue weighted by Crippen LogP contribution is -2.37. The van der Waals surface area contributed by atoms with E-state index in [1.807, 2.05) is 6.07 Å². The SMILES string of the molecule is CCN(CC)C(N)=NCCCc1cccc(Br)c1. The van der Waals surface area contributed by atoms with Crippen molar-refractivity contribution in [2.75, 3.05) is 19.6 Å². The Morgan fingerprint density at radius 2 is 2.06 bits per heavy atom. The fraction of sp³-hybridized carbons (Fsp3) is 0.500. The predicted octanol–water partition coefficient (Wildman–Crippen LogP) is 3.04. The molecule has 0 aliphatic heterocycles. The summed E-state index contributed by atoms with van der Waals surface area (Å²) < 4.78 is 1.13. The minimum atomic E-state index is 0.661. The Morgan fingerprint density at radius 3 is 2.67 bits per heavy atom. The van der Waals surface area contributed by atoms with Crippen LogP contribution in [0, 0.1) is 0 Å². The molecule has 1 aromatic carbocycles. The van der Waals surface area contributed by atoms with Crippen LogP contribution in [0.4, 0.5) is 0 Å². The number of halogens is 1. The quantitative estimate of drug-likeness (QED) is 0.498. The van der Waals surface area contributed by atoms with Gasteiger partial charge in [-0.2, -0.15) is 0 Å². The van der Waals surface area contributed by atoms with Gasteiger partial charge >= 0.3 is 0 Å². The summed E-state index contributed by atoms with van der Waals surface area (Å²) in [7, 11) is 0. The largest absolute Gasteiger partial charge is 0.370 e. The van der Waals surface area contributed by atoms with Crippen LogP contribution in [0.5, 0.6) is 0 Å². The third-order valence-electron chi connectivity index (χ3n) is 2.87. The number of aliphatic imine (C=N–C) groups is 1. The number of benzene rings is 1. The number of nitrogens with zero attached hydrogens (tertiary/aromatic N) is 2. The first-order chi connectivity index (χ1) is 8.67. The molecule has 1 rings (SSSR count). The van der Waals surface area contributed by atoms with E-state index in [-0.39, 0.29) is 0 Å². The molecule has 1 aromatic rings. The zero-order valence-electron chi connectivity index (χ0n) is 11.2. The van der Waals surface area contributed by atoms with E-state index >= 15 is 0 Å². The van der Waals surface area contributed by atoms with Crippen molar-refractivity contribution in [2.24, 2.45) is 10.7 Å². The molecule has 0 bridgehead atoms. The van der Waals surface area contributed by atoms with Gasteiger partial charge in [0.1, 0.15) is 0 Å². The molecule has 0 aliphatic carbocycles. The first kappa shape index (κ1) is 15.0. The summed E-state index contributed by atoms with van der Waals surface area (Å²) in [6.07, 6.45) is 2.06. The van der Waals surface area contributed by atoms with Crippen molar-refractivity contribution in [3.05, 3.63) is 34.3 Å². The Bertz CT molecular complexity index is 386. The fourth-order valence-corrected chi connectivity index (χ4v) is 2.26. The Hall–Kier alpha value is -1.03. The molecule has 0 spiro atoms. The molecular formula is C14H22BrN3. The van der Waals surface area contributed by atoms with E-state index < -0.39 is 0 Å². The maximum atomic E-state index is 5.91. The second-order valence-electron chi connectivity index (χ2n) is 4.15. The van der Waals surface area contributed by atoms with Gasteiger partial charge in [0.25, 0.3) is 0 Å². The molecule has 0 radical (unpaired) electrons. The zero-order valence-corrected chi connectivity index (χ0v) is 12.8. The topological polar surface area (TPSA) is 41.6 Å². The average Bonchev–Trinajstić information content (AvgIpc) is 2.36. The number of aryl methyl sites for hydroxylation is 1. The van der Waals surface area contributed by atoms with Crippen LogP contribution >= 0.6 is 15.9 Å². The van der Waals surface area contributed by atoms with E-state index in [2.05, 4.69) is 57.9 Å². The van der Waals surface area contributed by atoms with E-state index in [9.17, 15) is 0 Å². The Labute approximate surface area is 118 Å². The summed E-state index contributed by atoms with van der Waals surface area (Å²) in [6, 6.07) is 8.40. The minimum absolute atomic E-state index is 0.661. The molecule has 18 heavy (non-hydrogen) atoms. The predicted molar refractivity (Wildman–Crippen MR) is 81.9 cm³/mol. The molecule has 100 valence electrons. The molecule has 0 atom stereocenters. The molecule has 0 aromatic heterocycles. The van der Waals surface area contributed by atoms with Crippen LogP contribution in [0.15, 0.2) is 33.7 Å². The van der Waals surface area contributed by atoms with Gasteiger partial charge in [0, 0.05) is 24.1 Å². The standard InChI is InChI=1S/C14H22BrN3/c1-3-18(4-2)14(16)17-10-6-8-12-7-5-9-13(15)11-12/h5,7,9,11H,3-4,6,8,10H2,1-2H3,(H2,16,17). The van der Waals surface area contributed by atoms with Gasteiger partial charge in [0.15, 0.2) is 5.96 Å². The Morgan fingerprint density at radius 1 is 1.33 bits per heavy atom. The highest BCUT2D eigenvalue weighted by Crippen LogP contribution is 2.12. The van der Waals surface area contributed by atoms with Crippen LogP contribution in [0.1, 0.15) is 25.8 Å². The van der Waals surface area contributed by atoms with Crippen molar-refractivity contribution in [1.29, 1.82) is 0 Å². The van der Waals surface area contributed by atoms with Crippen LogP contribution in [-0.2, 0) is 6.42 Å². The average molecular weight is 312 g/mol. The van der Waals surface area contributed by atoms with E-state index in [1.165, 1.54) is 5.56 Å². The monoisotopic (exact) mass is 311 g/mol. The normalized spacial score (nSPS) is 11.6. The fourth-order valence-electron chi connectivity index (χ4n) is 1.82. The molecule has 0 unspecified atom stereocenters. The summed E-state index contributed by atoms with van der Waals surface area (Å²) in [4.78, 5) is 6.48. The molecule has 0 aliphatic rings. The highest BCUT2D eigenvalue weighted by molar-refractivity contribution is 9.10. The maximum Gasteiger partial charge on any atom is 0.191 e. The van der Waals surface area contributed by atoms with Crippen molar-refractivity contribution in [1.82, 2.24) is 4.90 Å². The van der Waals surface area contributed by atoms with Gasteiger partial charge in [-0.3, -0.25) is 4.99 Å². The molecular weight excluding hydrogens is 290 g/mol. The lowest BCUT2D eigenvalue weighted by molar-refractivity contribution is 0.458. The van der Waals surface area contributed by atoms with E-state index in [4.69, 9.17) is 5.73 Å². The third kappa shape index (κ3) is 5.08. The van der Waals surface area contributed by atoms with Crippen molar-refractivity contribution in [3.8, 4) is 0 Å². The smallest absolute Gasteiger partial charge is 0.191 e. The van der Waals surface area contributed by atoms with E-state index in [0.717, 1.165) is 36.9 Å². The number of hydrogen-bond acceptors (Lipinski definition) is 1. The summed E-state index contributed by atoms with van der Waals surface area (Å²) in [5.74, 6) is 0.661. The van der Waals surface area contributed by atoms with Crippen LogP contribution in [0.3, 0.4) is 0 Å². The van der Waals surface area contributed by atoms with Crippen molar-refractivity contribution in [3.63, 3.8) is 0 Å². The summed E-state index contributed by atoms with van der Waals surface area (Å²) in [5.41, 5.74) is 7.25. The third-order valence-corrected chi connectivity index (χ3v) is 3.37. The molecule has 0 amide bonds. The molecule has 2 N–H and O–H groups in total. The van der Waals surface area contributed by atoms with Gasteiger partial charge in [0.2, 0.25) is 0 Å². The number of guanidine groups is 1. The van der Waals surface area contributed by atoms with Crippen LogP contribution in [0.25, 0.3) is 0 Å². The van der Waals surface area contributed by atoms with Crippen molar-refractivity contribution < 1.29 is 0 Å². The van der Waals surface area contributed by atoms with Gasteiger partial charge < -0.3 is 10.6 Å². The number of nitrogens with two attached hydrogens (primary N) is 1. The Balaban J connectivity index is 2.36. The van der Waals surface area contributed by atoms with Crippen molar-refractivity contribution in [2.45, 2.75) is 26.7 Å². The second-order valence-corrected chi connectivity index (χ2v) is 5.06. The van der Waals surface area contributed by atoms with Gasteiger partial charge in [-0.05, 0) is 44.4 Å². The lowest BCUT2D eigenvalue weighted by atomic mass is 10.1. The van der Waals surface area contributed by atoms with Crippen LogP contribution in [-0.4, -0.2) is 30.5 Å². The lowest BCUT2D eigenvalue weighted by Gasteiger charge is -2.19. The summed E-state index contributed by atoms with van der Waals surface area (Å²) in [5, 5.41) is 0. The second kappa shape index (κ2) is 8.14. The van der Waals surface area contributed by atoms with Crippen LogP contribution < -0.4 is 5.73 Å². The molecule has 3 nitrogen and oxygen atoms in total. The van der Waals surface area contributed by atoms with Gasteiger partial charge in [0.05, 0.1) is 0 Å². The highest BCUT2D eigenvalue weighted by atomic mass is 79.9. The number of hydrogen-bond donors (Lipinski definition) is 1. The zero-order chi connectivity index (χ0) is 13.4. The highest BCUT2D eigenvalue weighted by Gasteiger charge is 2.01. The summed E-state index contributed by atoms with van der Waals surface area (Å²) >= 11 is 3.48. The molecule has 0 heterocycles. The first-order valence-electron chi connectivity index (χ1n) is 6.46. The maximum absolute atomic E-state index is 5.91. The van der Waals surface area contributed by atoms with E-state index in [1.54, 1.807) is 0 Å². The molecule has 4 heteroatoms. The molecule has 0 saturated heterocycles. The van der Waals surface area contributed by atoms with Gasteiger partial charge in [-0.1, -0.05) is 28.1 Å². The van der Waals surface area contributed by atoms with Gasteiger partial charge in [-0.25, -0.2) is 0 Å². The van der Waals surface area contributed by atoms with E-state index in [0.29, 0.717) is 5.96 Å². The first-order valence-corrected chi connectivity index (χ1v) is 7.26.